The minimum absolute atomic E-state index is 0.447. The summed E-state index contributed by atoms with van der Waals surface area (Å²) in [6.07, 6.45) is 12.4. The van der Waals surface area contributed by atoms with Crippen LogP contribution in [0.25, 0.3) is 0 Å². The monoisotopic (exact) mass is 264 g/mol. The summed E-state index contributed by atoms with van der Waals surface area (Å²) in [4.78, 5) is 14.8. The molecular weight excluding hydrogens is 236 g/mol. The van der Waals surface area contributed by atoms with Crippen LogP contribution >= 0.6 is 0 Å². The molecule has 3 aliphatic rings. The molecule has 1 saturated carbocycles. The highest BCUT2D eigenvalue weighted by Crippen LogP contribution is 2.30. The van der Waals surface area contributed by atoms with Crippen molar-refractivity contribution in [1.82, 2.24) is 10.2 Å². The zero-order chi connectivity index (χ0) is 13.1. The lowest BCUT2D eigenvalue weighted by molar-refractivity contribution is -0.133. The highest BCUT2D eigenvalue weighted by atomic mass is 16.2. The molecule has 1 amide bonds. The fourth-order valence-corrected chi connectivity index (χ4v) is 4.32. The highest BCUT2D eigenvalue weighted by molar-refractivity contribution is 5.77. The average molecular weight is 264 g/mol. The Balaban J connectivity index is 1.55. The zero-order valence-corrected chi connectivity index (χ0v) is 12.1. The van der Waals surface area contributed by atoms with Crippen LogP contribution in [0.2, 0.25) is 0 Å². The van der Waals surface area contributed by atoms with Gasteiger partial charge in [-0.15, -0.1) is 0 Å². The fourth-order valence-electron chi connectivity index (χ4n) is 4.32. The molecule has 19 heavy (non-hydrogen) atoms. The zero-order valence-electron chi connectivity index (χ0n) is 12.1. The Bertz CT molecular complexity index is 306. The highest BCUT2D eigenvalue weighted by Gasteiger charge is 2.36. The molecule has 0 spiro atoms. The Morgan fingerprint density at radius 2 is 1.84 bits per heavy atom. The third kappa shape index (κ3) is 3.13. The molecule has 3 rings (SSSR count). The van der Waals surface area contributed by atoms with Crippen LogP contribution in [0.15, 0.2) is 0 Å². The van der Waals surface area contributed by atoms with Crippen LogP contribution in [-0.2, 0) is 4.79 Å². The Hall–Kier alpha value is -0.570. The van der Waals surface area contributed by atoms with E-state index < -0.39 is 0 Å². The molecule has 0 bridgehead atoms. The number of nitrogens with one attached hydrogen (secondary N) is 1. The SMILES string of the molecule is O=C(CC1CCCCC1)N1CCCC1C1CCCN1. The molecule has 2 atom stereocenters. The van der Waals surface area contributed by atoms with Gasteiger partial charge in [0.1, 0.15) is 0 Å². The number of amides is 1. The summed E-state index contributed by atoms with van der Waals surface area (Å²) in [5.41, 5.74) is 0. The van der Waals surface area contributed by atoms with Gasteiger partial charge in [-0.05, 0) is 51.0 Å². The Kier molecular flexibility index (Phi) is 4.42. The normalized spacial score (nSPS) is 32.9. The summed E-state index contributed by atoms with van der Waals surface area (Å²) in [6, 6.07) is 1.08. The number of rotatable bonds is 3. The number of hydrogen-bond acceptors (Lipinski definition) is 2. The summed E-state index contributed by atoms with van der Waals surface area (Å²) in [7, 11) is 0. The van der Waals surface area contributed by atoms with Crippen molar-refractivity contribution in [3.05, 3.63) is 0 Å². The summed E-state index contributed by atoms with van der Waals surface area (Å²) < 4.78 is 0. The maximum atomic E-state index is 12.6. The van der Waals surface area contributed by atoms with Gasteiger partial charge in [0.25, 0.3) is 0 Å². The van der Waals surface area contributed by atoms with Crippen LogP contribution in [0, 0.1) is 5.92 Å². The second-order valence-corrected chi connectivity index (χ2v) is 6.71. The van der Waals surface area contributed by atoms with Gasteiger partial charge in [-0.25, -0.2) is 0 Å². The Morgan fingerprint density at radius 3 is 2.58 bits per heavy atom. The van der Waals surface area contributed by atoms with Gasteiger partial charge in [-0.1, -0.05) is 19.3 Å². The maximum absolute atomic E-state index is 12.6. The number of nitrogens with zero attached hydrogens (tertiary/aromatic N) is 1. The van der Waals surface area contributed by atoms with Gasteiger partial charge in [0.15, 0.2) is 0 Å². The van der Waals surface area contributed by atoms with Crippen molar-refractivity contribution >= 4 is 5.91 Å². The van der Waals surface area contributed by atoms with Crippen LogP contribution in [-0.4, -0.2) is 36.0 Å². The van der Waals surface area contributed by atoms with Crippen LogP contribution < -0.4 is 5.32 Å². The molecule has 1 N–H and O–H groups in total. The van der Waals surface area contributed by atoms with Crippen molar-refractivity contribution < 1.29 is 4.79 Å². The van der Waals surface area contributed by atoms with E-state index in [2.05, 4.69) is 10.2 Å². The predicted octanol–water partition coefficient (Wildman–Crippen LogP) is 2.70. The average Bonchev–Trinajstić information content (AvgIpc) is 3.10. The molecule has 2 unspecified atom stereocenters. The van der Waals surface area contributed by atoms with Crippen molar-refractivity contribution in [1.29, 1.82) is 0 Å². The molecule has 0 aromatic carbocycles. The van der Waals surface area contributed by atoms with Crippen molar-refractivity contribution in [2.24, 2.45) is 5.92 Å². The van der Waals surface area contributed by atoms with E-state index in [0.717, 1.165) is 19.5 Å². The number of hydrogen-bond donors (Lipinski definition) is 1. The van der Waals surface area contributed by atoms with Gasteiger partial charge in [-0.2, -0.15) is 0 Å². The molecule has 3 fully saturated rings. The largest absolute Gasteiger partial charge is 0.338 e. The molecule has 2 saturated heterocycles. The van der Waals surface area contributed by atoms with Crippen molar-refractivity contribution in [3.8, 4) is 0 Å². The smallest absolute Gasteiger partial charge is 0.223 e. The topological polar surface area (TPSA) is 32.3 Å². The van der Waals surface area contributed by atoms with E-state index in [-0.39, 0.29) is 0 Å². The first-order valence-electron chi connectivity index (χ1n) is 8.37. The van der Waals surface area contributed by atoms with Gasteiger partial charge in [0, 0.05) is 25.0 Å². The van der Waals surface area contributed by atoms with Gasteiger partial charge >= 0.3 is 0 Å². The van der Waals surface area contributed by atoms with E-state index in [1.54, 1.807) is 0 Å². The van der Waals surface area contributed by atoms with Gasteiger partial charge in [0.05, 0.1) is 0 Å². The molecule has 0 aromatic heterocycles. The lowest BCUT2D eigenvalue weighted by Crippen LogP contribution is -2.47. The third-order valence-electron chi connectivity index (χ3n) is 5.37. The molecular formula is C16H28N2O. The van der Waals surface area contributed by atoms with Crippen LogP contribution in [0.4, 0.5) is 0 Å². The minimum atomic E-state index is 0.447. The lowest BCUT2D eigenvalue weighted by Gasteiger charge is -2.31. The predicted molar refractivity (Wildman–Crippen MR) is 77.0 cm³/mol. The fraction of sp³-hybridized carbons (Fsp3) is 0.938. The number of carbonyl (C=O) groups excluding carboxylic acids is 1. The first kappa shape index (κ1) is 13.4. The van der Waals surface area contributed by atoms with Crippen molar-refractivity contribution in [3.63, 3.8) is 0 Å². The van der Waals surface area contributed by atoms with E-state index in [1.165, 1.54) is 57.8 Å². The Labute approximate surface area is 117 Å². The van der Waals surface area contributed by atoms with E-state index >= 15 is 0 Å². The molecule has 108 valence electrons. The summed E-state index contributed by atoms with van der Waals surface area (Å²) >= 11 is 0. The molecule has 2 aliphatic heterocycles. The van der Waals surface area contributed by atoms with Crippen LogP contribution in [0.5, 0.6) is 0 Å². The molecule has 1 aliphatic carbocycles. The maximum Gasteiger partial charge on any atom is 0.223 e. The molecule has 0 aromatic rings. The third-order valence-corrected chi connectivity index (χ3v) is 5.37. The van der Waals surface area contributed by atoms with Crippen LogP contribution in [0.1, 0.15) is 64.2 Å². The number of carbonyl (C=O) groups is 1. The van der Waals surface area contributed by atoms with Gasteiger partial charge in [-0.3, -0.25) is 4.79 Å². The molecule has 3 heteroatoms. The van der Waals surface area contributed by atoms with Crippen molar-refractivity contribution in [2.75, 3.05) is 13.1 Å². The number of likely N-dealkylation sites (tertiary alicyclic amines) is 1. The molecule has 2 heterocycles. The standard InChI is InChI=1S/C16H28N2O/c19-16(12-13-6-2-1-3-7-13)18-11-5-9-15(18)14-8-4-10-17-14/h13-15,17H,1-12H2. The van der Waals surface area contributed by atoms with E-state index in [9.17, 15) is 4.79 Å². The minimum Gasteiger partial charge on any atom is -0.338 e. The molecule has 3 nitrogen and oxygen atoms in total. The van der Waals surface area contributed by atoms with E-state index in [0.29, 0.717) is 23.9 Å². The van der Waals surface area contributed by atoms with Gasteiger partial charge in [0.2, 0.25) is 5.91 Å². The second kappa shape index (κ2) is 6.25. The van der Waals surface area contributed by atoms with Gasteiger partial charge < -0.3 is 10.2 Å². The van der Waals surface area contributed by atoms with Crippen LogP contribution in [0.3, 0.4) is 0 Å². The lowest BCUT2D eigenvalue weighted by atomic mass is 9.86. The second-order valence-electron chi connectivity index (χ2n) is 6.71. The summed E-state index contributed by atoms with van der Waals surface area (Å²) in [5.74, 6) is 1.13. The first-order chi connectivity index (χ1) is 9.34. The first-order valence-corrected chi connectivity index (χ1v) is 8.37. The summed E-state index contributed by atoms with van der Waals surface area (Å²) in [6.45, 7) is 2.15. The summed E-state index contributed by atoms with van der Waals surface area (Å²) in [5, 5.41) is 3.59. The van der Waals surface area contributed by atoms with E-state index in [1.807, 2.05) is 0 Å². The van der Waals surface area contributed by atoms with E-state index in [4.69, 9.17) is 0 Å². The Morgan fingerprint density at radius 1 is 1.00 bits per heavy atom. The molecule has 0 radical (unpaired) electrons. The quantitative estimate of drug-likeness (QED) is 0.850. The van der Waals surface area contributed by atoms with Crippen molar-refractivity contribution in [2.45, 2.75) is 76.3 Å².